The first kappa shape index (κ1) is 20.9. The molecule has 0 bridgehead atoms. The third kappa shape index (κ3) is 4.01. The van der Waals surface area contributed by atoms with Gasteiger partial charge in [0.05, 0.1) is 25.5 Å². The fourth-order valence-corrected chi connectivity index (χ4v) is 4.39. The Morgan fingerprint density at radius 3 is 2.48 bits per heavy atom. The highest BCUT2D eigenvalue weighted by molar-refractivity contribution is 7.13. The van der Waals surface area contributed by atoms with Crippen molar-refractivity contribution in [2.24, 2.45) is 0 Å². The Balaban J connectivity index is 1.71. The molecule has 0 saturated carbocycles. The Labute approximate surface area is 184 Å². The van der Waals surface area contributed by atoms with Crippen molar-refractivity contribution in [2.45, 2.75) is 13.8 Å². The molecule has 0 radical (unpaired) electrons. The predicted octanol–water partition coefficient (Wildman–Crippen LogP) is 5.45. The Bertz CT molecular complexity index is 1270. The lowest BCUT2D eigenvalue weighted by Gasteiger charge is -2.20. The number of rotatable bonds is 7. The molecular formula is C24H24N2O4S. The molecule has 4 aromatic rings. The molecule has 0 aliphatic carbocycles. The van der Waals surface area contributed by atoms with Gasteiger partial charge in [-0.15, -0.1) is 11.3 Å². The molecule has 0 aliphatic heterocycles. The smallest absolute Gasteiger partial charge is 0.346 e. The summed E-state index contributed by atoms with van der Waals surface area (Å²) in [4.78, 5) is 19.6. The molecular weight excluding hydrogens is 412 g/mol. The molecule has 0 N–H and O–H groups in total. The molecule has 31 heavy (non-hydrogen) atoms. The SMILES string of the molecule is CCN(CC)c1ccc2cc(-c3nc(-c4ccc(OC)c(OC)c4)cs3)c(=O)oc2c1. The normalized spacial score (nSPS) is 11.0. The van der Waals surface area contributed by atoms with Crippen LogP contribution in [0.15, 0.2) is 57.1 Å². The average Bonchev–Trinajstić information content (AvgIpc) is 3.29. The molecule has 0 spiro atoms. The second-order valence-electron chi connectivity index (χ2n) is 6.95. The Morgan fingerprint density at radius 2 is 1.77 bits per heavy atom. The monoisotopic (exact) mass is 436 g/mol. The van der Waals surface area contributed by atoms with Gasteiger partial charge in [0.25, 0.3) is 0 Å². The lowest BCUT2D eigenvalue weighted by atomic mass is 10.1. The zero-order valence-electron chi connectivity index (χ0n) is 18.0. The van der Waals surface area contributed by atoms with E-state index >= 15 is 0 Å². The minimum Gasteiger partial charge on any atom is -0.493 e. The Hall–Kier alpha value is -3.32. The van der Waals surface area contributed by atoms with E-state index in [1.54, 1.807) is 14.2 Å². The van der Waals surface area contributed by atoms with Crippen LogP contribution in [0.25, 0.3) is 32.8 Å². The zero-order valence-corrected chi connectivity index (χ0v) is 18.8. The molecule has 0 fully saturated rings. The quantitative estimate of drug-likeness (QED) is 0.359. The molecule has 2 heterocycles. The van der Waals surface area contributed by atoms with E-state index in [-0.39, 0.29) is 0 Å². The maximum absolute atomic E-state index is 12.7. The first-order valence-electron chi connectivity index (χ1n) is 10.1. The number of fused-ring (bicyclic) bond motifs is 1. The van der Waals surface area contributed by atoms with E-state index in [9.17, 15) is 4.79 Å². The van der Waals surface area contributed by atoms with Gasteiger partial charge in [-0.3, -0.25) is 0 Å². The van der Waals surface area contributed by atoms with Crippen molar-refractivity contribution in [2.75, 3.05) is 32.2 Å². The molecule has 0 unspecified atom stereocenters. The van der Waals surface area contributed by atoms with Gasteiger partial charge in [-0.05, 0) is 50.2 Å². The van der Waals surface area contributed by atoms with Crippen LogP contribution in [0.3, 0.4) is 0 Å². The van der Waals surface area contributed by atoms with Crippen molar-refractivity contribution in [3.8, 4) is 33.3 Å². The summed E-state index contributed by atoms with van der Waals surface area (Å²) < 4.78 is 16.3. The van der Waals surface area contributed by atoms with Crippen molar-refractivity contribution < 1.29 is 13.9 Å². The van der Waals surface area contributed by atoms with E-state index in [0.717, 1.165) is 35.4 Å². The van der Waals surface area contributed by atoms with Crippen LogP contribution in [-0.2, 0) is 0 Å². The summed E-state index contributed by atoms with van der Waals surface area (Å²) in [6, 6.07) is 13.4. The summed E-state index contributed by atoms with van der Waals surface area (Å²) in [7, 11) is 3.20. The van der Waals surface area contributed by atoms with Gasteiger partial charge >= 0.3 is 5.63 Å². The van der Waals surface area contributed by atoms with Crippen LogP contribution in [-0.4, -0.2) is 32.3 Å². The summed E-state index contributed by atoms with van der Waals surface area (Å²) in [6.07, 6.45) is 0. The van der Waals surface area contributed by atoms with Gasteiger partial charge in [0.1, 0.15) is 10.6 Å². The van der Waals surface area contributed by atoms with Crippen LogP contribution >= 0.6 is 11.3 Å². The average molecular weight is 437 g/mol. The molecule has 0 amide bonds. The van der Waals surface area contributed by atoms with Gasteiger partial charge in [0.2, 0.25) is 0 Å². The van der Waals surface area contributed by atoms with Gasteiger partial charge in [0.15, 0.2) is 11.5 Å². The summed E-state index contributed by atoms with van der Waals surface area (Å²) >= 11 is 1.41. The molecule has 160 valence electrons. The molecule has 6 nitrogen and oxygen atoms in total. The van der Waals surface area contributed by atoms with E-state index in [0.29, 0.717) is 27.7 Å². The van der Waals surface area contributed by atoms with E-state index in [1.807, 2.05) is 41.8 Å². The third-order valence-electron chi connectivity index (χ3n) is 5.26. The van der Waals surface area contributed by atoms with Crippen LogP contribution in [0.5, 0.6) is 11.5 Å². The lowest BCUT2D eigenvalue weighted by molar-refractivity contribution is 0.355. The number of thiazole rings is 1. The van der Waals surface area contributed by atoms with E-state index in [4.69, 9.17) is 13.9 Å². The van der Waals surface area contributed by atoms with Gasteiger partial charge in [-0.25, -0.2) is 9.78 Å². The molecule has 2 aromatic carbocycles. The fraction of sp³-hybridized carbons (Fsp3) is 0.250. The summed E-state index contributed by atoms with van der Waals surface area (Å²) in [5.74, 6) is 1.28. The number of ether oxygens (including phenoxy) is 2. The van der Waals surface area contributed by atoms with Crippen LogP contribution in [0.1, 0.15) is 13.8 Å². The Morgan fingerprint density at radius 1 is 1.00 bits per heavy atom. The first-order chi connectivity index (χ1) is 15.1. The van der Waals surface area contributed by atoms with Gasteiger partial charge in [-0.2, -0.15) is 0 Å². The maximum atomic E-state index is 12.7. The van der Waals surface area contributed by atoms with Gasteiger partial charge < -0.3 is 18.8 Å². The van der Waals surface area contributed by atoms with Crippen LogP contribution in [0, 0.1) is 0 Å². The highest BCUT2D eigenvalue weighted by Crippen LogP contribution is 2.34. The molecule has 4 rings (SSSR count). The van der Waals surface area contributed by atoms with Crippen molar-refractivity contribution in [1.82, 2.24) is 4.98 Å². The number of nitrogens with zero attached hydrogens (tertiary/aromatic N) is 2. The number of aromatic nitrogens is 1. The van der Waals surface area contributed by atoms with Crippen LogP contribution in [0.2, 0.25) is 0 Å². The van der Waals surface area contributed by atoms with Crippen LogP contribution in [0.4, 0.5) is 5.69 Å². The van der Waals surface area contributed by atoms with E-state index in [2.05, 4.69) is 29.8 Å². The lowest BCUT2D eigenvalue weighted by Crippen LogP contribution is -2.21. The van der Waals surface area contributed by atoms with Gasteiger partial charge in [0, 0.05) is 41.2 Å². The topological polar surface area (TPSA) is 64.8 Å². The van der Waals surface area contributed by atoms with Crippen LogP contribution < -0.4 is 20.0 Å². The minimum absolute atomic E-state index is 0.391. The number of benzene rings is 2. The standard InChI is InChI=1S/C24H24N2O4S/c1-5-26(6-2)17-9-7-16-11-18(24(27)30-21(16)13-17)23-25-19(14-31-23)15-8-10-20(28-3)22(12-15)29-4/h7-14H,5-6H2,1-4H3. The zero-order chi connectivity index (χ0) is 22.0. The summed E-state index contributed by atoms with van der Waals surface area (Å²) in [5, 5.41) is 3.41. The molecule has 0 atom stereocenters. The van der Waals surface area contributed by atoms with Gasteiger partial charge in [-0.1, -0.05) is 0 Å². The maximum Gasteiger partial charge on any atom is 0.346 e. The van der Waals surface area contributed by atoms with E-state index in [1.165, 1.54) is 11.3 Å². The van der Waals surface area contributed by atoms with Crippen molar-refractivity contribution in [1.29, 1.82) is 0 Å². The van der Waals surface area contributed by atoms with Crippen molar-refractivity contribution in [3.05, 3.63) is 58.3 Å². The predicted molar refractivity (Wildman–Crippen MR) is 126 cm³/mol. The second-order valence-corrected chi connectivity index (χ2v) is 7.81. The minimum atomic E-state index is -0.391. The number of anilines is 1. The molecule has 7 heteroatoms. The van der Waals surface area contributed by atoms with Crippen molar-refractivity contribution >= 4 is 28.0 Å². The molecule has 0 saturated heterocycles. The highest BCUT2D eigenvalue weighted by Gasteiger charge is 2.15. The molecule has 0 aliphatic rings. The Kier molecular flexibility index (Phi) is 5.95. The third-order valence-corrected chi connectivity index (χ3v) is 6.14. The largest absolute Gasteiger partial charge is 0.493 e. The van der Waals surface area contributed by atoms with E-state index < -0.39 is 5.63 Å². The second kappa shape index (κ2) is 8.81. The summed E-state index contributed by atoms with van der Waals surface area (Å²) in [6.45, 7) is 5.99. The number of hydrogen-bond acceptors (Lipinski definition) is 7. The summed E-state index contributed by atoms with van der Waals surface area (Å²) in [5.41, 5.74) is 3.33. The first-order valence-corrected chi connectivity index (χ1v) is 11.0. The number of methoxy groups -OCH3 is 2. The fourth-order valence-electron chi connectivity index (χ4n) is 3.56. The molecule has 2 aromatic heterocycles. The van der Waals surface area contributed by atoms with Crippen molar-refractivity contribution in [3.63, 3.8) is 0 Å². The number of hydrogen-bond donors (Lipinski definition) is 0. The highest BCUT2D eigenvalue weighted by atomic mass is 32.1.